The number of rotatable bonds is 2. The van der Waals surface area contributed by atoms with Crippen LogP contribution in [0.5, 0.6) is 0 Å². The maximum atomic E-state index is 6.82. The lowest BCUT2D eigenvalue weighted by Crippen LogP contribution is -2.38. The van der Waals surface area contributed by atoms with Gasteiger partial charge in [0.25, 0.3) is 0 Å². The molecule has 0 saturated heterocycles. The molecule has 1 unspecified atom stereocenters. The summed E-state index contributed by atoms with van der Waals surface area (Å²) in [5, 5.41) is 0. The van der Waals surface area contributed by atoms with Gasteiger partial charge in [-0.15, -0.1) is 0 Å². The van der Waals surface area contributed by atoms with Gasteiger partial charge in [0, 0.05) is 12.2 Å². The van der Waals surface area contributed by atoms with Gasteiger partial charge in [-0.3, -0.25) is 0 Å². The van der Waals surface area contributed by atoms with Crippen molar-refractivity contribution in [2.45, 2.75) is 18.9 Å². The van der Waals surface area contributed by atoms with E-state index >= 15 is 0 Å². The minimum absolute atomic E-state index is 0.410. The van der Waals surface area contributed by atoms with E-state index in [9.17, 15) is 0 Å². The average molecular weight is 451 g/mol. The summed E-state index contributed by atoms with van der Waals surface area (Å²) in [6.07, 6.45) is 0. The van der Waals surface area contributed by atoms with Gasteiger partial charge in [-0.25, -0.2) is 0 Å². The predicted molar refractivity (Wildman–Crippen MR) is 145 cm³/mol. The summed E-state index contributed by atoms with van der Waals surface area (Å²) in [5.74, 6) is 0. The zero-order valence-electron chi connectivity index (χ0n) is 19.7. The average Bonchev–Trinajstić information content (AvgIpc) is 3.19. The molecule has 2 nitrogen and oxygen atoms in total. The van der Waals surface area contributed by atoms with Crippen molar-refractivity contribution < 1.29 is 0 Å². The van der Waals surface area contributed by atoms with E-state index < -0.39 is 5.41 Å². The van der Waals surface area contributed by atoms with E-state index in [4.69, 9.17) is 5.73 Å². The van der Waals surface area contributed by atoms with Crippen LogP contribution in [-0.4, -0.2) is 0 Å². The zero-order valence-corrected chi connectivity index (χ0v) is 19.7. The second-order valence-electron chi connectivity index (χ2n) is 9.63. The molecule has 1 spiro atoms. The van der Waals surface area contributed by atoms with Crippen LogP contribution in [0.2, 0.25) is 0 Å². The lowest BCUT2D eigenvalue weighted by Gasteiger charge is -2.45. The van der Waals surface area contributed by atoms with Crippen molar-refractivity contribution in [1.82, 2.24) is 0 Å². The molecule has 0 fully saturated rings. The van der Waals surface area contributed by atoms with Crippen molar-refractivity contribution in [1.29, 1.82) is 0 Å². The van der Waals surface area contributed by atoms with E-state index in [0.29, 0.717) is 0 Å². The number of benzene rings is 5. The first-order valence-electron chi connectivity index (χ1n) is 12.2. The number of nitrogens with zero attached hydrogens (tertiary/aromatic N) is 1. The molecule has 35 heavy (non-hydrogen) atoms. The van der Waals surface area contributed by atoms with Crippen molar-refractivity contribution in [3.63, 3.8) is 0 Å². The minimum atomic E-state index is -0.410. The Hall–Kier alpha value is -4.30. The van der Waals surface area contributed by atoms with E-state index in [1.165, 1.54) is 50.2 Å². The summed E-state index contributed by atoms with van der Waals surface area (Å²) in [7, 11) is 0. The Morgan fingerprint density at radius 2 is 1.29 bits per heavy atom. The summed E-state index contributed by atoms with van der Waals surface area (Å²) in [6, 6.07) is 41.7. The van der Waals surface area contributed by atoms with Crippen LogP contribution in [0.3, 0.4) is 0 Å². The molecule has 2 heteroatoms. The minimum Gasteiger partial charge on any atom is -0.397 e. The largest absolute Gasteiger partial charge is 0.397 e. The predicted octanol–water partition coefficient (Wildman–Crippen LogP) is 7.59. The molecule has 2 aliphatic rings. The molecule has 168 valence electrons. The van der Waals surface area contributed by atoms with Crippen LogP contribution in [0.1, 0.15) is 33.4 Å². The number of hydrogen-bond donors (Lipinski definition) is 1. The first kappa shape index (κ1) is 20.1. The Bertz CT molecular complexity index is 1600. The lowest BCUT2D eigenvalue weighted by molar-refractivity contribution is 0.735. The Balaban J connectivity index is 1.62. The van der Waals surface area contributed by atoms with Crippen LogP contribution in [0.25, 0.3) is 11.1 Å². The van der Waals surface area contributed by atoms with Gasteiger partial charge in [0.2, 0.25) is 0 Å². The van der Waals surface area contributed by atoms with Crippen molar-refractivity contribution in [3.05, 3.63) is 149 Å². The Labute approximate surface area is 206 Å². The third kappa shape index (κ3) is 2.60. The molecule has 1 heterocycles. The molecule has 0 bridgehead atoms. The van der Waals surface area contributed by atoms with E-state index in [2.05, 4.69) is 121 Å². The molecule has 5 aromatic carbocycles. The fraction of sp³-hybridized carbons (Fsp3) is 0.0909. The second-order valence-corrected chi connectivity index (χ2v) is 9.63. The first-order chi connectivity index (χ1) is 17.2. The number of nitrogens with two attached hydrogens (primary N) is 1. The van der Waals surface area contributed by atoms with E-state index in [0.717, 1.165) is 17.9 Å². The van der Waals surface area contributed by atoms with Gasteiger partial charge < -0.3 is 10.6 Å². The highest BCUT2D eigenvalue weighted by atomic mass is 15.2. The van der Waals surface area contributed by atoms with Gasteiger partial charge in [0.1, 0.15) is 0 Å². The summed E-state index contributed by atoms with van der Waals surface area (Å²) < 4.78 is 0. The standard InChI is InChI=1S/C33H26N2/c1-22-11-9-17-27-31(22)24-14-5-6-15-25(24)33(27)26-16-7-8-20-30(26)35(21-23-12-3-2-4-13-23)32-28(33)18-10-19-29(32)34/h2-20H,21,34H2,1H3. The highest BCUT2D eigenvalue weighted by Crippen LogP contribution is 2.63. The quantitative estimate of drug-likeness (QED) is 0.275. The van der Waals surface area contributed by atoms with Crippen LogP contribution in [-0.2, 0) is 12.0 Å². The number of nitrogen functional groups attached to an aromatic ring is 1. The van der Waals surface area contributed by atoms with Gasteiger partial charge in [-0.1, -0.05) is 103 Å². The molecule has 7 rings (SSSR count). The van der Waals surface area contributed by atoms with Crippen molar-refractivity contribution in [2.24, 2.45) is 0 Å². The number of hydrogen-bond acceptors (Lipinski definition) is 2. The fourth-order valence-electron chi connectivity index (χ4n) is 6.48. The normalized spacial score (nSPS) is 17.0. The monoisotopic (exact) mass is 450 g/mol. The van der Waals surface area contributed by atoms with Gasteiger partial charge >= 0.3 is 0 Å². The lowest BCUT2D eigenvalue weighted by atomic mass is 9.64. The molecule has 2 N–H and O–H groups in total. The van der Waals surface area contributed by atoms with Gasteiger partial charge in [-0.2, -0.15) is 0 Å². The van der Waals surface area contributed by atoms with Crippen LogP contribution >= 0.6 is 0 Å². The number of anilines is 3. The smallest absolute Gasteiger partial charge is 0.0754 e. The topological polar surface area (TPSA) is 29.3 Å². The third-order valence-corrected chi connectivity index (χ3v) is 7.80. The Morgan fingerprint density at radius 3 is 2.14 bits per heavy atom. The SMILES string of the molecule is Cc1cccc2c1-c1ccccc1C21c2ccccc2N(Cc2ccccc2)c2c(N)cccc21. The van der Waals surface area contributed by atoms with Gasteiger partial charge in [0.05, 0.1) is 16.8 Å². The van der Waals surface area contributed by atoms with Crippen molar-refractivity contribution >= 4 is 17.1 Å². The molecule has 0 amide bonds. The number of fused-ring (bicyclic) bond motifs is 9. The van der Waals surface area contributed by atoms with Gasteiger partial charge in [-0.05, 0) is 63.6 Å². The Kier molecular flexibility index (Phi) is 4.22. The van der Waals surface area contributed by atoms with E-state index in [1.54, 1.807) is 0 Å². The molecule has 1 atom stereocenters. The van der Waals surface area contributed by atoms with Crippen LogP contribution in [0.15, 0.2) is 115 Å². The summed E-state index contributed by atoms with van der Waals surface area (Å²) in [6.45, 7) is 2.99. The van der Waals surface area contributed by atoms with Crippen molar-refractivity contribution in [2.75, 3.05) is 10.6 Å². The second kappa shape index (κ2) is 7.35. The molecule has 0 saturated carbocycles. The number of para-hydroxylation sites is 2. The summed E-state index contributed by atoms with van der Waals surface area (Å²) in [5.41, 5.74) is 20.0. The first-order valence-corrected chi connectivity index (χ1v) is 12.2. The number of aryl methyl sites for hydroxylation is 1. The van der Waals surface area contributed by atoms with E-state index in [1.807, 2.05) is 6.07 Å². The maximum absolute atomic E-state index is 6.82. The van der Waals surface area contributed by atoms with Crippen LogP contribution in [0.4, 0.5) is 17.1 Å². The fourth-order valence-corrected chi connectivity index (χ4v) is 6.48. The summed E-state index contributed by atoms with van der Waals surface area (Å²) >= 11 is 0. The summed E-state index contributed by atoms with van der Waals surface area (Å²) in [4.78, 5) is 2.41. The van der Waals surface area contributed by atoms with Crippen molar-refractivity contribution in [3.8, 4) is 11.1 Å². The molecular formula is C33H26N2. The zero-order chi connectivity index (χ0) is 23.6. The molecular weight excluding hydrogens is 424 g/mol. The van der Waals surface area contributed by atoms with Gasteiger partial charge in [0.15, 0.2) is 0 Å². The molecule has 0 aromatic heterocycles. The molecule has 0 radical (unpaired) electrons. The van der Waals surface area contributed by atoms with E-state index in [-0.39, 0.29) is 0 Å². The highest BCUT2D eigenvalue weighted by molar-refractivity contribution is 5.96. The molecule has 5 aromatic rings. The molecule has 1 aliphatic carbocycles. The Morgan fingerprint density at radius 1 is 0.629 bits per heavy atom. The highest BCUT2D eigenvalue weighted by Gasteiger charge is 2.52. The van der Waals surface area contributed by atoms with Crippen LogP contribution in [0, 0.1) is 6.92 Å². The maximum Gasteiger partial charge on any atom is 0.0754 e. The third-order valence-electron chi connectivity index (χ3n) is 7.80. The molecule has 1 aliphatic heterocycles. The van der Waals surface area contributed by atoms with Crippen LogP contribution < -0.4 is 10.6 Å².